The second-order valence-corrected chi connectivity index (χ2v) is 6.76. The fraction of sp³-hybridized carbons (Fsp3) is 0.158. The number of nitrogens with zero attached hydrogens (tertiary/aromatic N) is 4. The predicted molar refractivity (Wildman–Crippen MR) is 102 cm³/mol. The Balaban J connectivity index is 1.48. The molecule has 154 valence electrons. The van der Waals surface area contributed by atoms with Crippen molar-refractivity contribution < 1.29 is 22.5 Å². The normalized spacial score (nSPS) is 11.7. The van der Waals surface area contributed by atoms with Crippen molar-refractivity contribution in [2.75, 3.05) is 6.54 Å². The molecule has 4 aromatic rings. The number of carbonyl (C=O) groups excluding carboxylic acids is 1. The number of amides is 1. The van der Waals surface area contributed by atoms with Crippen LogP contribution in [0.4, 0.5) is 13.2 Å². The first-order valence-electron chi connectivity index (χ1n) is 8.71. The highest BCUT2D eigenvalue weighted by Crippen LogP contribution is 2.30. The first-order valence-corrected chi connectivity index (χ1v) is 9.09. The first kappa shape index (κ1) is 19.9. The fourth-order valence-electron chi connectivity index (χ4n) is 2.82. The van der Waals surface area contributed by atoms with Crippen molar-refractivity contribution in [3.63, 3.8) is 0 Å². The summed E-state index contributed by atoms with van der Waals surface area (Å²) in [4.78, 5) is 19.8. The molecule has 0 saturated heterocycles. The zero-order chi connectivity index (χ0) is 21.3. The molecule has 0 fully saturated rings. The Morgan fingerprint density at radius 3 is 2.63 bits per heavy atom. The minimum absolute atomic E-state index is 0.173. The standard InChI is InChI=1S/C19H13ClF3N5O2/c20-13-4-1-11(2-5-13)17(29)24-7-8-28-10-25-14-6-3-12(9-15(14)28)16-26-18(30-27-16)19(21,22)23/h1-6,9-10H,7-8H2,(H,24,29). The zero-order valence-corrected chi connectivity index (χ0v) is 15.9. The number of hydrogen-bond acceptors (Lipinski definition) is 5. The van der Waals surface area contributed by atoms with Gasteiger partial charge in [0.15, 0.2) is 0 Å². The molecule has 0 bridgehead atoms. The molecule has 11 heteroatoms. The third-order valence-corrected chi connectivity index (χ3v) is 4.54. The van der Waals surface area contributed by atoms with E-state index in [4.69, 9.17) is 11.6 Å². The van der Waals surface area contributed by atoms with Crippen LogP contribution in [-0.2, 0) is 12.7 Å². The van der Waals surface area contributed by atoms with Gasteiger partial charge in [-0.05, 0) is 42.5 Å². The van der Waals surface area contributed by atoms with Crippen molar-refractivity contribution in [1.29, 1.82) is 0 Å². The number of hydrogen-bond donors (Lipinski definition) is 1. The van der Waals surface area contributed by atoms with Crippen molar-refractivity contribution >= 4 is 28.5 Å². The van der Waals surface area contributed by atoms with E-state index in [1.54, 1.807) is 53.4 Å². The van der Waals surface area contributed by atoms with Crippen LogP contribution in [0.3, 0.4) is 0 Å². The van der Waals surface area contributed by atoms with Gasteiger partial charge in [0.1, 0.15) is 0 Å². The second-order valence-electron chi connectivity index (χ2n) is 6.33. The van der Waals surface area contributed by atoms with E-state index in [1.807, 2.05) is 0 Å². The SMILES string of the molecule is O=C(NCCn1cnc2ccc(-c3noc(C(F)(F)F)n3)cc21)c1ccc(Cl)cc1. The van der Waals surface area contributed by atoms with Gasteiger partial charge < -0.3 is 14.4 Å². The van der Waals surface area contributed by atoms with Crippen LogP contribution in [0.15, 0.2) is 53.3 Å². The maximum atomic E-state index is 12.7. The maximum absolute atomic E-state index is 12.7. The van der Waals surface area contributed by atoms with E-state index in [2.05, 4.69) is 25.0 Å². The number of fused-ring (bicyclic) bond motifs is 1. The van der Waals surface area contributed by atoms with Gasteiger partial charge in [0.25, 0.3) is 5.91 Å². The van der Waals surface area contributed by atoms with Gasteiger partial charge in [-0.3, -0.25) is 4.79 Å². The molecule has 0 saturated carbocycles. The van der Waals surface area contributed by atoms with Crippen LogP contribution in [0.25, 0.3) is 22.4 Å². The molecule has 2 aromatic carbocycles. The van der Waals surface area contributed by atoms with Gasteiger partial charge in [0.05, 0.1) is 17.4 Å². The number of carbonyl (C=O) groups is 1. The molecule has 7 nitrogen and oxygen atoms in total. The molecule has 0 radical (unpaired) electrons. The molecule has 0 unspecified atom stereocenters. The molecule has 2 heterocycles. The van der Waals surface area contributed by atoms with Gasteiger partial charge in [-0.25, -0.2) is 4.98 Å². The zero-order valence-electron chi connectivity index (χ0n) is 15.2. The minimum atomic E-state index is -4.71. The van der Waals surface area contributed by atoms with Crippen molar-refractivity contribution in [3.05, 3.63) is 65.3 Å². The highest BCUT2D eigenvalue weighted by Gasteiger charge is 2.38. The van der Waals surface area contributed by atoms with E-state index < -0.39 is 12.1 Å². The number of halogens is 4. The average molecular weight is 436 g/mol. The molecule has 1 N–H and O–H groups in total. The van der Waals surface area contributed by atoms with Crippen molar-refractivity contribution in [2.45, 2.75) is 12.7 Å². The number of aromatic nitrogens is 4. The quantitative estimate of drug-likeness (QED) is 0.508. The summed E-state index contributed by atoms with van der Waals surface area (Å²) in [7, 11) is 0. The van der Waals surface area contributed by atoms with Gasteiger partial charge >= 0.3 is 12.1 Å². The summed E-state index contributed by atoms with van der Waals surface area (Å²) in [6, 6.07) is 11.3. The Hall–Kier alpha value is -3.40. The highest BCUT2D eigenvalue weighted by molar-refractivity contribution is 6.30. The molecule has 4 rings (SSSR count). The van der Waals surface area contributed by atoms with Crippen LogP contribution in [0, 0.1) is 0 Å². The van der Waals surface area contributed by atoms with Crippen LogP contribution >= 0.6 is 11.6 Å². The van der Waals surface area contributed by atoms with Crippen LogP contribution < -0.4 is 5.32 Å². The summed E-state index contributed by atoms with van der Waals surface area (Å²) in [6.45, 7) is 0.719. The molecule has 1 amide bonds. The number of alkyl halides is 3. The Kier molecular flexibility index (Phi) is 5.17. The maximum Gasteiger partial charge on any atom is 0.471 e. The Morgan fingerprint density at radius 2 is 1.93 bits per heavy atom. The van der Waals surface area contributed by atoms with Crippen molar-refractivity contribution in [3.8, 4) is 11.4 Å². The van der Waals surface area contributed by atoms with Gasteiger partial charge in [0, 0.05) is 29.2 Å². The minimum Gasteiger partial charge on any atom is -0.350 e. The lowest BCUT2D eigenvalue weighted by Gasteiger charge is -2.07. The Bertz CT molecular complexity index is 1200. The number of nitrogens with one attached hydrogen (secondary N) is 1. The fourth-order valence-corrected chi connectivity index (χ4v) is 2.95. The highest BCUT2D eigenvalue weighted by atomic mass is 35.5. The summed E-state index contributed by atoms with van der Waals surface area (Å²) < 4.78 is 44.1. The Morgan fingerprint density at radius 1 is 1.17 bits per heavy atom. The van der Waals surface area contributed by atoms with Crippen molar-refractivity contribution in [1.82, 2.24) is 25.0 Å². The largest absolute Gasteiger partial charge is 0.471 e. The Labute approximate surface area is 172 Å². The molecule has 0 atom stereocenters. The average Bonchev–Trinajstić information content (AvgIpc) is 3.35. The van der Waals surface area contributed by atoms with Gasteiger partial charge in [0.2, 0.25) is 5.82 Å². The monoisotopic (exact) mass is 435 g/mol. The van der Waals surface area contributed by atoms with Crippen LogP contribution in [0.2, 0.25) is 5.02 Å². The van der Waals surface area contributed by atoms with Gasteiger partial charge in [-0.2, -0.15) is 18.2 Å². The smallest absolute Gasteiger partial charge is 0.350 e. The molecule has 30 heavy (non-hydrogen) atoms. The molecule has 2 aromatic heterocycles. The topological polar surface area (TPSA) is 85.8 Å². The van der Waals surface area contributed by atoms with Gasteiger partial charge in [-0.1, -0.05) is 16.8 Å². The lowest BCUT2D eigenvalue weighted by atomic mass is 10.2. The van der Waals surface area contributed by atoms with Crippen LogP contribution in [0.1, 0.15) is 16.2 Å². The molecule has 0 spiro atoms. The van der Waals surface area contributed by atoms with E-state index in [9.17, 15) is 18.0 Å². The van der Waals surface area contributed by atoms with Crippen LogP contribution in [-0.4, -0.2) is 32.1 Å². The molecular formula is C19H13ClF3N5O2. The summed E-state index contributed by atoms with van der Waals surface area (Å²) in [5.41, 5.74) is 2.14. The van der Waals surface area contributed by atoms with E-state index in [0.717, 1.165) is 0 Å². The first-order chi connectivity index (χ1) is 14.3. The second kappa shape index (κ2) is 7.79. The van der Waals surface area contributed by atoms with Crippen LogP contribution in [0.5, 0.6) is 0 Å². The van der Waals surface area contributed by atoms with E-state index in [-0.39, 0.29) is 11.7 Å². The summed E-state index contributed by atoms with van der Waals surface area (Å²) in [5, 5.41) is 6.73. The third-order valence-electron chi connectivity index (χ3n) is 4.29. The van der Waals surface area contributed by atoms with E-state index in [0.29, 0.717) is 40.3 Å². The number of rotatable bonds is 5. The molecule has 0 aliphatic rings. The summed E-state index contributed by atoms with van der Waals surface area (Å²) in [6.07, 6.45) is -3.13. The van der Waals surface area contributed by atoms with E-state index in [1.165, 1.54) is 0 Å². The number of benzene rings is 2. The molecule has 0 aliphatic carbocycles. The predicted octanol–water partition coefficient (Wildman–Crippen LogP) is 4.19. The molecular weight excluding hydrogens is 423 g/mol. The lowest BCUT2D eigenvalue weighted by Crippen LogP contribution is -2.27. The molecule has 0 aliphatic heterocycles. The van der Waals surface area contributed by atoms with Gasteiger partial charge in [-0.15, -0.1) is 0 Å². The van der Waals surface area contributed by atoms with Crippen molar-refractivity contribution in [2.24, 2.45) is 0 Å². The summed E-state index contributed by atoms with van der Waals surface area (Å²) >= 11 is 5.81. The number of imidazole rings is 1. The van der Waals surface area contributed by atoms with E-state index >= 15 is 0 Å². The summed E-state index contributed by atoms with van der Waals surface area (Å²) in [5.74, 6) is -1.83. The third kappa shape index (κ3) is 4.13. The lowest BCUT2D eigenvalue weighted by molar-refractivity contribution is -0.159.